The van der Waals surface area contributed by atoms with Gasteiger partial charge in [0.2, 0.25) is 0 Å². The largest absolute Gasteiger partial charge is 0.507 e. The predicted octanol–water partition coefficient (Wildman–Crippen LogP) is 3.28. The summed E-state index contributed by atoms with van der Waals surface area (Å²) in [6, 6.07) is 10.2. The number of nitrogens with zero attached hydrogens (tertiary/aromatic N) is 2. The molecule has 0 saturated heterocycles. The number of non-ortho nitro benzene ring substituents is 2. The first-order chi connectivity index (χ1) is 10.9. The maximum absolute atomic E-state index is 12.0. The summed E-state index contributed by atoms with van der Waals surface area (Å²) in [4.78, 5) is 32.1. The fourth-order valence-corrected chi connectivity index (χ4v) is 1.84. The van der Waals surface area contributed by atoms with E-state index < -0.39 is 21.4 Å². The number of hydrogen-bond donors (Lipinski definition) is 1. The van der Waals surface area contributed by atoms with E-state index in [0.717, 1.165) is 18.2 Å². The van der Waals surface area contributed by atoms with Gasteiger partial charge >= 0.3 is 0 Å². The molecule has 0 atom stereocenters. The van der Waals surface area contributed by atoms with E-state index in [4.69, 9.17) is 0 Å². The van der Waals surface area contributed by atoms with E-state index in [-0.39, 0.29) is 22.5 Å². The molecule has 0 aliphatic rings. The van der Waals surface area contributed by atoms with Crippen LogP contribution in [0.25, 0.3) is 5.76 Å². The third kappa shape index (κ3) is 3.76. The lowest BCUT2D eigenvalue weighted by Gasteiger charge is -2.01. The molecule has 2 rings (SSSR count). The summed E-state index contributed by atoms with van der Waals surface area (Å²) in [5, 5.41) is 31.3. The molecule has 116 valence electrons. The van der Waals surface area contributed by atoms with Crippen LogP contribution < -0.4 is 0 Å². The van der Waals surface area contributed by atoms with Gasteiger partial charge in [-0.25, -0.2) is 0 Å². The first-order valence-electron chi connectivity index (χ1n) is 6.33. The van der Waals surface area contributed by atoms with E-state index in [1.54, 1.807) is 0 Å². The van der Waals surface area contributed by atoms with E-state index >= 15 is 0 Å². The van der Waals surface area contributed by atoms with Crippen LogP contribution in [0.5, 0.6) is 0 Å². The highest BCUT2D eigenvalue weighted by molar-refractivity contribution is 6.08. The van der Waals surface area contributed by atoms with Crippen LogP contribution in [0.3, 0.4) is 0 Å². The molecule has 1 N–H and O–H groups in total. The summed E-state index contributed by atoms with van der Waals surface area (Å²) in [6.45, 7) is 0. The minimum absolute atomic E-state index is 0.0242. The molecule has 0 heterocycles. The van der Waals surface area contributed by atoms with Crippen LogP contribution in [-0.4, -0.2) is 20.7 Å². The van der Waals surface area contributed by atoms with Crippen LogP contribution in [0.15, 0.2) is 54.6 Å². The Hall–Kier alpha value is -3.55. The Labute approximate surface area is 129 Å². The van der Waals surface area contributed by atoms with Crippen molar-refractivity contribution in [1.82, 2.24) is 0 Å². The molecule has 23 heavy (non-hydrogen) atoms. The van der Waals surface area contributed by atoms with Gasteiger partial charge in [0.15, 0.2) is 5.78 Å². The van der Waals surface area contributed by atoms with Crippen molar-refractivity contribution in [3.8, 4) is 0 Å². The number of ketones is 1. The van der Waals surface area contributed by atoms with E-state index in [2.05, 4.69) is 0 Å². The molecule has 0 aliphatic carbocycles. The minimum Gasteiger partial charge on any atom is -0.507 e. The second-order valence-electron chi connectivity index (χ2n) is 4.51. The molecule has 0 bridgehead atoms. The number of hydrogen-bond acceptors (Lipinski definition) is 6. The van der Waals surface area contributed by atoms with Gasteiger partial charge in [0.05, 0.1) is 9.85 Å². The van der Waals surface area contributed by atoms with E-state index in [0.29, 0.717) is 0 Å². The van der Waals surface area contributed by atoms with Crippen LogP contribution >= 0.6 is 0 Å². The summed E-state index contributed by atoms with van der Waals surface area (Å²) in [6.07, 6.45) is 0.859. The zero-order valence-corrected chi connectivity index (χ0v) is 11.6. The molecular formula is C15H10N2O6. The van der Waals surface area contributed by atoms with Crippen molar-refractivity contribution in [2.75, 3.05) is 0 Å². The average molecular weight is 314 g/mol. The summed E-state index contributed by atoms with van der Waals surface area (Å²) < 4.78 is 0. The van der Waals surface area contributed by atoms with Gasteiger partial charge in [0.1, 0.15) is 5.76 Å². The number of rotatable bonds is 5. The normalized spacial score (nSPS) is 11.0. The predicted molar refractivity (Wildman–Crippen MR) is 81.1 cm³/mol. The number of nitro groups is 2. The standard InChI is InChI=1S/C15H10N2O6/c18-14(10-3-1-5-12(7-10)16(20)21)9-15(19)11-4-2-6-13(8-11)17(22)23/h1-9,18H/b14-9-. The number of aliphatic hydroxyl groups is 1. The quantitative estimate of drug-likeness (QED) is 0.297. The van der Waals surface area contributed by atoms with Crippen molar-refractivity contribution in [1.29, 1.82) is 0 Å². The smallest absolute Gasteiger partial charge is 0.270 e. The Morgan fingerprint density at radius 1 is 0.913 bits per heavy atom. The highest BCUT2D eigenvalue weighted by Gasteiger charge is 2.13. The van der Waals surface area contributed by atoms with Gasteiger partial charge in [-0.3, -0.25) is 25.0 Å². The highest BCUT2D eigenvalue weighted by atomic mass is 16.6. The van der Waals surface area contributed by atoms with Gasteiger partial charge in [-0.2, -0.15) is 0 Å². The van der Waals surface area contributed by atoms with Crippen molar-refractivity contribution in [2.45, 2.75) is 0 Å². The van der Waals surface area contributed by atoms with E-state index in [1.807, 2.05) is 0 Å². The number of aliphatic hydroxyl groups excluding tert-OH is 1. The Morgan fingerprint density at radius 3 is 1.91 bits per heavy atom. The molecule has 8 heteroatoms. The summed E-state index contributed by atoms with van der Waals surface area (Å²) in [7, 11) is 0. The topological polar surface area (TPSA) is 124 Å². The Bertz CT molecular complexity index is 828. The number of benzene rings is 2. The molecule has 0 saturated carbocycles. The van der Waals surface area contributed by atoms with Crippen molar-refractivity contribution in [3.05, 3.63) is 86.0 Å². The summed E-state index contributed by atoms with van der Waals surface area (Å²) >= 11 is 0. The Morgan fingerprint density at radius 2 is 1.39 bits per heavy atom. The third-order valence-corrected chi connectivity index (χ3v) is 2.96. The average Bonchev–Trinajstić information content (AvgIpc) is 2.54. The molecular weight excluding hydrogens is 304 g/mol. The fourth-order valence-electron chi connectivity index (χ4n) is 1.84. The van der Waals surface area contributed by atoms with Crippen molar-refractivity contribution < 1.29 is 19.7 Å². The number of allylic oxidation sites excluding steroid dienone is 1. The monoisotopic (exact) mass is 314 g/mol. The molecule has 0 amide bonds. The SMILES string of the molecule is O=C(/C=C(\O)c1cccc([N+](=O)[O-])c1)c1cccc([N+](=O)[O-])c1. The van der Waals surface area contributed by atoms with Crippen LogP contribution in [0.4, 0.5) is 11.4 Å². The molecule has 0 aliphatic heterocycles. The summed E-state index contributed by atoms with van der Waals surface area (Å²) in [5.74, 6) is -1.12. The van der Waals surface area contributed by atoms with Gasteiger partial charge in [-0.05, 0) is 0 Å². The zero-order valence-electron chi connectivity index (χ0n) is 11.6. The molecule has 2 aromatic rings. The lowest BCUT2D eigenvalue weighted by molar-refractivity contribution is -0.385. The fraction of sp³-hybridized carbons (Fsp3) is 0. The maximum Gasteiger partial charge on any atom is 0.270 e. The minimum atomic E-state index is -0.655. The molecule has 8 nitrogen and oxygen atoms in total. The van der Waals surface area contributed by atoms with Crippen LogP contribution in [0.2, 0.25) is 0 Å². The molecule has 0 spiro atoms. The van der Waals surface area contributed by atoms with E-state index in [1.165, 1.54) is 36.4 Å². The molecule has 0 unspecified atom stereocenters. The third-order valence-electron chi connectivity index (χ3n) is 2.96. The number of nitro benzene ring substituents is 2. The first kappa shape index (κ1) is 15.8. The second kappa shape index (κ2) is 6.48. The second-order valence-corrected chi connectivity index (χ2v) is 4.51. The van der Waals surface area contributed by atoms with Crippen molar-refractivity contribution >= 4 is 22.9 Å². The van der Waals surface area contributed by atoms with Gasteiger partial charge in [0, 0.05) is 41.5 Å². The lowest BCUT2D eigenvalue weighted by Crippen LogP contribution is -1.98. The number of carbonyl (C=O) groups is 1. The highest BCUT2D eigenvalue weighted by Crippen LogP contribution is 2.20. The van der Waals surface area contributed by atoms with Gasteiger partial charge in [0.25, 0.3) is 11.4 Å². The molecule has 2 aromatic carbocycles. The van der Waals surface area contributed by atoms with E-state index in [9.17, 15) is 30.1 Å². The van der Waals surface area contributed by atoms with Gasteiger partial charge < -0.3 is 5.11 Å². The number of carbonyl (C=O) groups excluding carboxylic acids is 1. The van der Waals surface area contributed by atoms with Gasteiger partial charge in [-0.15, -0.1) is 0 Å². The Kier molecular flexibility index (Phi) is 4.46. The first-order valence-corrected chi connectivity index (χ1v) is 6.33. The zero-order chi connectivity index (χ0) is 17.0. The van der Waals surface area contributed by atoms with Crippen LogP contribution in [0.1, 0.15) is 15.9 Å². The van der Waals surface area contributed by atoms with Gasteiger partial charge in [-0.1, -0.05) is 24.3 Å². The van der Waals surface area contributed by atoms with Crippen LogP contribution in [-0.2, 0) is 0 Å². The Balaban J connectivity index is 2.32. The lowest BCUT2D eigenvalue weighted by atomic mass is 10.1. The van der Waals surface area contributed by atoms with Crippen molar-refractivity contribution in [3.63, 3.8) is 0 Å². The molecule has 0 aromatic heterocycles. The maximum atomic E-state index is 12.0. The summed E-state index contributed by atoms with van der Waals surface area (Å²) in [5.41, 5.74) is -0.363. The molecule has 0 fully saturated rings. The van der Waals surface area contributed by atoms with Crippen LogP contribution in [0, 0.1) is 20.2 Å². The van der Waals surface area contributed by atoms with Crippen molar-refractivity contribution in [2.24, 2.45) is 0 Å². The molecule has 0 radical (unpaired) electrons.